The van der Waals surface area contributed by atoms with Crippen LogP contribution in [0.2, 0.25) is 0 Å². The quantitative estimate of drug-likeness (QED) is 0.188. The molecule has 0 saturated heterocycles. The second kappa shape index (κ2) is 11.5. The van der Waals surface area contributed by atoms with E-state index in [0.29, 0.717) is 34.1 Å². The Bertz CT molecular complexity index is 1710. The molecule has 192 valence electrons. The van der Waals surface area contributed by atoms with Gasteiger partial charge in [0.1, 0.15) is 11.5 Å². The zero-order chi connectivity index (χ0) is 27.1. The van der Waals surface area contributed by atoms with E-state index in [4.69, 9.17) is 9.47 Å². The lowest BCUT2D eigenvalue weighted by atomic mass is 10.0. The summed E-state index contributed by atoms with van der Waals surface area (Å²) in [4.78, 5) is 13.6. The van der Waals surface area contributed by atoms with Crippen molar-refractivity contribution in [3.05, 3.63) is 169 Å². The van der Waals surface area contributed by atoms with Gasteiger partial charge >= 0.3 is 0 Å². The zero-order valence-corrected chi connectivity index (χ0v) is 21.7. The number of benzene rings is 6. The molecule has 40 heavy (non-hydrogen) atoms. The minimum absolute atomic E-state index is 0.138. The molecule has 6 aromatic rings. The summed E-state index contributed by atoms with van der Waals surface area (Å²) in [7, 11) is 0. The fourth-order valence-electron chi connectivity index (χ4n) is 4.56. The van der Waals surface area contributed by atoms with Crippen LogP contribution in [0.3, 0.4) is 0 Å². The van der Waals surface area contributed by atoms with Crippen molar-refractivity contribution in [3.8, 4) is 45.3 Å². The van der Waals surface area contributed by atoms with Crippen LogP contribution in [0.4, 0.5) is 0 Å². The number of hydrogen-bond acceptors (Lipinski definition) is 3. The maximum atomic E-state index is 13.6. The minimum atomic E-state index is -0.138. The fraction of sp³-hybridized carbons (Fsp3) is 0. The van der Waals surface area contributed by atoms with Gasteiger partial charge < -0.3 is 9.47 Å². The maximum absolute atomic E-state index is 13.6. The molecule has 0 aliphatic rings. The number of para-hydroxylation sites is 1. The van der Waals surface area contributed by atoms with E-state index < -0.39 is 0 Å². The molecule has 0 unspecified atom stereocenters. The predicted octanol–water partition coefficient (Wildman–Crippen LogP) is 9.84. The van der Waals surface area contributed by atoms with Gasteiger partial charge in [0.25, 0.3) is 0 Å². The maximum Gasteiger partial charge on any atom is 0.196 e. The Morgan fingerprint density at radius 2 is 0.850 bits per heavy atom. The Balaban J connectivity index is 1.34. The molecule has 0 fully saturated rings. The molecule has 0 saturated carbocycles. The van der Waals surface area contributed by atoms with Gasteiger partial charge in [0.2, 0.25) is 0 Å². The molecule has 0 aliphatic carbocycles. The third kappa shape index (κ3) is 5.54. The average Bonchev–Trinajstić information content (AvgIpc) is 3.03. The normalized spacial score (nSPS) is 10.6. The topological polar surface area (TPSA) is 35.5 Å². The van der Waals surface area contributed by atoms with Crippen molar-refractivity contribution in [2.75, 3.05) is 0 Å². The number of carbonyl (C=O) groups excluding carboxylic acids is 1. The molecular weight excluding hydrogens is 492 g/mol. The van der Waals surface area contributed by atoms with Gasteiger partial charge in [-0.15, -0.1) is 0 Å². The van der Waals surface area contributed by atoms with Gasteiger partial charge in [-0.1, -0.05) is 121 Å². The summed E-state index contributed by atoms with van der Waals surface area (Å²) in [6, 6.07) is 50.7. The summed E-state index contributed by atoms with van der Waals surface area (Å²) < 4.78 is 12.7. The van der Waals surface area contributed by atoms with E-state index in [1.807, 2.05) is 115 Å². The molecule has 0 atom stereocenters. The first kappa shape index (κ1) is 24.9. The largest absolute Gasteiger partial charge is 0.453 e. The highest BCUT2D eigenvalue weighted by molar-refractivity contribution is 6.11. The Hall–Kier alpha value is -5.41. The summed E-state index contributed by atoms with van der Waals surface area (Å²) in [5.74, 6) is 1.95. The van der Waals surface area contributed by atoms with Crippen molar-refractivity contribution >= 4 is 5.78 Å². The third-order valence-corrected chi connectivity index (χ3v) is 6.63. The standard InChI is InChI=1S/C37H26O3/c38-36(31-15-8-3-9-16-31)34-17-10-18-35(39-32-23-19-29(20-24-32)27-11-4-1-5-12-27)37(34)40-33-25-21-30(22-26-33)28-13-6-2-7-14-28/h1-26H. The second-order valence-corrected chi connectivity index (χ2v) is 9.31. The van der Waals surface area contributed by atoms with Gasteiger partial charge in [-0.25, -0.2) is 0 Å². The number of rotatable bonds is 8. The molecule has 0 aliphatic heterocycles. The molecule has 0 heterocycles. The van der Waals surface area contributed by atoms with Crippen molar-refractivity contribution in [2.45, 2.75) is 0 Å². The van der Waals surface area contributed by atoms with E-state index >= 15 is 0 Å². The first-order valence-corrected chi connectivity index (χ1v) is 13.1. The lowest BCUT2D eigenvalue weighted by Crippen LogP contribution is -2.05. The average molecular weight is 519 g/mol. The second-order valence-electron chi connectivity index (χ2n) is 9.31. The molecule has 0 N–H and O–H groups in total. The first-order valence-electron chi connectivity index (χ1n) is 13.1. The van der Waals surface area contributed by atoms with Crippen molar-refractivity contribution in [1.29, 1.82) is 0 Å². The summed E-state index contributed by atoms with van der Waals surface area (Å²) in [6.45, 7) is 0. The zero-order valence-electron chi connectivity index (χ0n) is 21.7. The van der Waals surface area contributed by atoms with Gasteiger partial charge in [0.15, 0.2) is 17.3 Å². The van der Waals surface area contributed by atoms with E-state index in [1.165, 1.54) is 0 Å². The van der Waals surface area contributed by atoms with Gasteiger partial charge in [-0.3, -0.25) is 4.79 Å². The van der Waals surface area contributed by atoms with Crippen LogP contribution in [0.15, 0.2) is 158 Å². The molecule has 6 aromatic carbocycles. The number of ketones is 1. The summed E-state index contributed by atoms with van der Waals surface area (Å²) in [6.07, 6.45) is 0. The monoisotopic (exact) mass is 518 g/mol. The van der Waals surface area contributed by atoms with Gasteiger partial charge in [-0.2, -0.15) is 0 Å². The molecule has 3 nitrogen and oxygen atoms in total. The molecule has 3 heteroatoms. The van der Waals surface area contributed by atoms with E-state index in [9.17, 15) is 4.79 Å². The van der Waals surface area contributed by atoms with Crippen LogP contribution in [0, 0.1) is 0 Å². The summed E-state index contributed by atoms with van der Waals surface area (Å²) in [5.41, 5.74) is 5.43. The van der Waals surface area contributed by atoms with Crippen LogP contribution < -0.4 is 9.47 Å². The van der Waals surface area contributed by atoms with E-state index in [0.717, 1.165) is 22.3 Å². The SMILES string of the molecule is O=C(c1ccccc1)c1cccc(Oc2ccc(-c3ccccc3)cc2)c1Oc1ccc(-c2ccccc2)cc1. The molecule has 0 bridgehead atoms. The van der Waals surface area contributed by atoms with Crippen molar-refractivity contribution in [3.63, 3.8) is 0 Å². The van der Waals surface area contributed by atoms with Crippen LogP contribution >= 0.6 is 0 Å². The van der Waals surface area contributed by atoms with Crippen LogP contribution in [0.5, 0.6) is 23.0 Å². The Morgan fingerprint density at radius 3 is 1.38 bits per heavy atom. The van der Waals surface area contributed by atoms with Crippen molar-refractivity contribution in [1.82, 2.24) is 0 Å². The first-order chi connectivity index (χ1) is 19.7. The highest BCUT2D eigenvalue weighted by Gasteiger charge is 2.20. The highest BCUT2D eigenvalue weighted by atomic mass is 16.5. The van der Waals surface area contributed by atoms with Crippen LogP contribution in [0.25, 0.3) is 22.3 Å². The number of ether oxygens (including phenoxy) is 2. The highest BCUT2D eigenvalue weighted by Crippen LogP contribution is 2.39. The molecule has 6 rings (SSSR count). The molecule has 0 amide bonds. The Morgan fingerprint density at radius 1 is 0.400 bits per heavy atom. The van der Waals surface area contributed by atoms with Gasteiger partial charge in [0.05, 0.1) is 5.56 Å². The van der Waals surface area contributed by atoms with Crippen molar-refractivity contribution in [2.24, 2.45) is 0 Å². The fourth-order valence-corrected chi connectivity index (χ4v) is 4.56. The smallest absolute Gasteiger partial charge is 0.196 e. The lowest BCUT2D eigenvalue weighted by molar-refractivity contribution is 0.103. The molecule has 0 aromatic heterocycles. The van der Waals surface area contributed by atoms with E-state index in [2.05, 4.69) is 24.3 Å². The predicted molar refractivity (Wildman–Crippen MR) is 160 cm³/mol. The Kier molecular flexibility index (Phi) is 7.19. The molecular formula is C37H26O3. The Labute approximate surface area is 233 Å². The summed E-state index contributed by atoms with van der Waals surface area (Å²) >= 11 is 0. The van der Waals surface area contributed by atoms with Crippen LogP contribution in [-0.4, -0.2) is 5.78 Å². The van der Waals surface area contributed by atoms with E-state index in [-0.39, 0.29) is 5.78 Å². The molecule has 0 spiro atoms. The van der Waals surface area contributed by atoms with Crippen LogP contribution in [0.1, 0.15) is 15.9 Å². The summed E-state index contributed by atoms with van der Waals surface area (Å²) in [5, 5.41) is 0. The molecule has 0 radical (unpaired) electrons. The van der Waals surface area contributed by atoms with Gasteiger partial charge in [-0.05, 0) is 58.7 Å². The third-order valence-electron chi connectivity index (χ3n) is 6.63. The minimum Gasteiger partial charge on any atom is -0.453 e. The number of hydrogen-bond donors (Lipinski definition) is 0. The van der Waals surface area contributed by atoms with E-state index in [1.54, 1.807) is 18.2 Å². The lowest BCUT2D eigenvalue weighted by Gasteiger charge is -2.16. The van der Waals surface area contributed by atoms with Crippen LogP contribution in [-0.2, 0) is 0 Å². The number of carbonyl (C=O) groups is 1. The van der Waals surface area contributed by atoms with Gasteiger partial charge in [0, 0.05) is 5.56 Å². The van der Waals surface area contributed by atoms with Crippen molar-refractivity contribution < 1.29 is 14.3 Å².